The summed E-state index contributed by atoms with van der Waals surface area (Å²) in [5.74, 6) is -0.135. The summed E-state index contributed by atoms with van der Waals surface area (Å²) >= 11 is 0. The Morgan fingerprint density at radius 2 is 1.84 bits per heavy atom. The number of rotatable bonds is 8. The van der Waals surface area contributed by atoms with E-state index in [2.05, 4.69) is 11.4 Å². The molecule has 2 aromatic rings. The van der Waals surface area contributed by atoms with Crippen molar-refractivity contribution < 1.29 is 17.9 Å². The molecule has 0 saturated heterocycles. The molecule has 32 heavy (non-hydrogen) atoms. The zero-order valence-corrected chi connectivity index (χ0v) is 19.3. The van der Waals surface area contributed by atoms with Crippen molar-refractivity contribution in [2.24, 2.45) is 0 Å². The number of amides is 1. The van der Waals surface area contributed by atoms with Crippen LogP contribution in [0.1, 0.15) is 43.2 Å². The Labute approximate surface area is 190 Å². The van der Waals surface area contributed by atoms with Crippen LogP contribution in [0.4, 0.5) is 5.69 Å². The molecule has 1 aliphatic rings. The Balaban J connectivity index is 1.87. The fourth-order valence-electron chi connectivity index (χ4n) is 4.03. The first-order valence-electron chi connectivity index (χ1n) is 10.8. The fourth-order valence-corrected chi connectivity index (χ4v) is 5.91. The number of benzene rings is 2. The molecule has 1 saturated carbocycles. The number of hydrogen-bond acceptors (Lipinski definition) is 5. The van der Waals surface area contributed by atoms with Gasteiger partial charge in [-0.05, 0) is 55.2 Å². The van der Waals surface area contributed by atoms with Crippen LogP contribution in [0.5, 0.6) is 5.75 Å². The second-order valence-corrected chi connectivity index (χ2v) is 9.94. The van der Waals surface area contributed by atoms with Gasteiger partial charge in [-0.25, -0.2) is 8.42 Å². The van der Waals surface area contributed by atoms with Crippen LogP contribution in [-0.4, -0.2) is 38.3 Å². The number of nitriles is 1. The molecule has 3 rings (SSSR count). The number of aryl methyl sites for hydroxylation is 1. The molecular formula is C24H29N3O4S. The number of ether oxygens (including phenoxy) is 1. The van der Waals surface area contributed by atoms with Gasteiger partial charge < -0.3 is 10.1 Å². The van der Waals surface area contributed by atoms with Crippen LogP contribution >= 0.6 is 0 Å². The lowest BCUT2D eigenvalue weighted by Crippen LogP contribution is -2.45. The summed E-state index contributed by atoms with van der Waals surface area (Å²) in [7, 11) is -2.51. The molecule has 1 amide bonds. The average molecular weight is 456 g/mol. The highest BCUT2D eigenvalue weighted by molar-refractivity contribution is 7.89. The maximum Gasteiger partial charge on any atom is 0.247 e. The van der Waals surface area contributed by atoms with Crippen LogP contribution in [-0.2, 0) is 21.2 Å². The lowest BCUT2D eigenvalue weighted by molar-refractivity contribution is -0.116. The monoisotopic (exact) mass is 455 g/mol. The molecule has 0 bridgehead atoms. The molecule has 170 valence electrons. The van der Waals surface area contributed by atoms with Crippen molar-refractivity contribution in [3.63, 3.8) is 0 Å². The second kappa shape index (κ2) is 10.6. The van der Waals surface area contributed by atoms with Crippen molar-refractivity contribution in [1.82, 2.24) is 4.31 Å². The maximum atomic E-state index is 13.7. The Morgan fingerprint density at radius 1 is 1.16 bits per heavy atom. The number of methoxy groups -OCH3 is 1. The lowest BCUT2D eigenvalue weighted by Gasteiger charge is -2.33. The van der Waals surface area contributed by atoms with Crippen LogP contribution in [0.15, 0.2) is 47.4 Å². The van der Waals surface area contributed by atoms with E-state index >= 15 is 0 Å². The second-order valence-electron chi connectivity index (χ2n) is 8.08. The molecule has 0 heterocycles. The van der Waals surface area contributed by atoms with Crippen LogP contribution < -0.4 is 10.1 Å². The van der Waals surface area contributed by atoms with Crippen molar-refractivity contribution >= 4 is 21.6 Å². The number of anilines is 1. The van der Waals surface area contributed by atoms with Crippen molar-refractivity contribution in [2.45, 2.75) is 56.4 Å². The Morgan fingerprint density at radius 3 is 2.47 bits per heavy atom. The molecule has 0 spiro atoms. The zero-order valence-electron chi connectivity index (χ0n) is 18.5. The van der Waals surface area contributed by atoms with E-state index in [1.165, 1.54) is 11.4 Å². The van der Waals surface area contributed by atoms with Crippen molar-refractivity contribution in [3.8, 4) is 11.8 Å². The van der Waals surface area contributed by atoms with Gasteiger partial charge in [-0.2, -0.15) is 9.57 Å². The van der Waals surface area contributed by atoms with Gasteiger partial charge in [-0.1, -0.05) is 37.5 Å². The summed E-state index contributed by atoms with van der Waals surface area (Å²) in [4.78, 5) is 13.0. The van der Waals surface area contributed by atoms with E-state index in [1.807, 2.05) is 6.92 Å². The molecule has 0 atom stereocenters. The molecular weight excluding hydrogens is 426 g/mol. The molecule has 8 heteroatoms. The average Bonchev–Trinajstić information content (AvgIpc) is 2.79. The van der Waals surface area contributed by atoms with Crippen molar-refractivity contribution in [3.05, 3.63) is 53.6 Å². The minimum Gasteiger partial charge on any atom is -0.495 e. The van der Waals surface area contributed by atoms with E-state index in [0.717, 1.165) is 43.2 Å². The highest BCUT2D eigenvalue weighted by Gasteiger charge is 2.35. The van der Waals surface area contributed by atoms with Crippen LogP contribution in [0.25, 0.3) is 0 Å². The summed E-state index contributed by atoms with van der Waals surface area (Å²) < 4.78 is 34.1. The smallest absolute Gasteiger partial charge is 0.247 e. The maximum absolute atomic E-state index is 13.7. The first-order chi connectivity index (χ1) is 15.3. The Bertz CT molecular complexity index is 1090. The zero-order chi connectivity index (χ0) is 23.1. The van der Waals surface area contributed by atoms with Gasteiger partial charge in [0.15, 0.2) is 0 Å². The van der Waals surface area contributed by atoms with Crippen LogP contribution in [0.2, 0.25) is 0 Å². The molecule has 0 aromatic heterocycles. The highest BCUT2D eigenvalue weighted by Crippen LogP contribution is 2.32. The predicted octanol–water partition coefficient (Wildman–Crippen LogP) is 4.03. The van der Waals surface area contributed by atoms with E-state index in [-0.39, 0.29) is 23.2 Å². The minimum absolute atomic E-state index is 0.0826. The molecule has 1 fully saturated rings. The van der Waals surface area contributed by atoms with Crippen molar-refractivity contribution in [1.29, 1.82) is 5.26 Å². The first-order valence-corrected chi connectivity index (χ1v) is 12.2. The third-order valence-electron chi connectivity index (χ3n) is 5.71. The van der Waals surface area contributed by atoms with E-state index in [9.17, 15) is 13.2 Å². The van der Waals surface area contributed by atoms with Gasteiger partial charge in [-0.3, -0.25) is 4.79 Å². The quantitative estimate of drug-likeness (QED) is 0.648. The van der Waals surface area contributed by atoms with E-state index < -0.39 is 15.9 Å². The topological polar surface area (TPSA) is 99.5 Å². The Hall–Kier alpha value is -2.89. The van der Waals surface area contributed by atoms with Gasteiger partial charge in [0.1, 0.15) is 10.6 Å². The molecule has 1 aliphatic carbocycles. The van der Waals surface area contributed by atoms with E-state index in [0.29, 0.717) is 12.1 Å². The molecule has 7 nitrogen and oxygen atoms in total. The predicted molar refractivity (Wildman–Crippen MR) is 123 cm³/mol. The Kier molecular flexibility index (Phi) is 7.89. The van der Waals surface area contributed by atoms with E-state index in [1.54, 1.807) is 42.5 Å². The summed E-state index contributed by atoms with van der Waals surface area (Å²) in [6, 6.07) is 13.9. The highest BCUT2D eigenvalue weighted by atomic mass is 32.2. The van der Waals surface area contributed by atoms with Gasteiger partial charge in [0, 0.05) is 11.7 Å². The summed E-state index contributed by atoms with van der Waals surface area (Å²) in [6.07, 6.45) is 4.68. The SMILES string of the molecule is COc1ccc(C)cc1S(=O)(=O)N(CC(=O)Nc1ccc(CC#N)cc1)C1CCCCC1. The molecule has 1 N–H and O–H groups in total. The minimum atomic E-state index is -3.96. The van der Waals surface area contributed by atoms with Gasteiger partial charge in [0.05, 0.1) is 26.1 Å². The van der Waals surface area contributed by atoms with Crippen LogP contribution in [0, 0.1) is 18.3 Å². The third-order valence-corrected chi connectivity index (χ3v) is 7.63. The molecule has 0 aliphatic heterocycles. The standard InChI is InChI=1S/C24H29N3O4S/c1-18-8-13-22(31-2)23(16-18)32(29,30)27(21-6-4-3-5-7-21)17-24(28)26-20-11-9-19(10-12-20)14-15-25/h8-13,16,21H,3-7,14,17H2,1-2H3,(H,26,28). The largest absolute Gasteiger partial charge is 0.495 e. The van der Waals surface area contributed by atoms with Gasteiger partial charge in [-0.15, -0.1) is 0 Å². The summed E-state index contributed by atoms with van der Waals surface area (Å²) in [5.41, 5.74) is 2.21. The lowest BCUT2D eigenvalue weighted by atomic mass is 9.95. The first kappa shape index (κ1) is 23.8. The normalized spacial score (nSPS) is 14.7. The number of hydrogen-bond donors (Lipinski definition) is 1. The van der Waals surface area contributed by atoms with E-state index in [4.69, 9.17) is 10.00 Å². The summed E-state index contributed by atoms with van der Waals surface area (Å²) in [6.45, 7) is 1.55. The van der Waals surface area contributed by atoms with Gasteiger partial charge >= 0.3 is 0 Å². The third kappa shape index (κ3) is 5.67. The number of carbonyl (C=O) groups is 1. The number of nitrogens with zero attached hydrogens (tertiary/aromatic N) is 2. The number of sulfonamides is 1. The number of nitrogens with one attached hydrogen (secondary N) is 1. The van der Waals surface area contributed by atoms with Crippen molar-refractivity contribution in [2.75, 3.05) is 19.0 Å². The van der Waals surface area contributed by atoms with Crippen LogP contribution in [0.3, 0.4) is 0 Å². The number of carbonyl (C=O) groups excluding carboxylic acids is 1. The van der Waals surface area contributed by atoms with Gasteiger partial charge in [0.2, 0.25) is 15.9 Å². The van der Waals surface area contributed by atoms with Gasteiger partial charge in [0.25, 0.3) is 0 Å². The molecule has 0 unspecified atom stereocenters. The molecule has 2 aromatic carbocycles. The summed E-state index contributed by atoms with van der Waals surface area (Å²) in [5, 5.41) is 11.6. The fraction of sp³-hybridized carbons (Fsp3) is 0.417. The molecule has 0 radical (unpaired) electrons.